The zero-order chi connectivity index (χ0) is 28.2. The van der Waals surface area contributed by atoms with Crippen molar-refractivity contribution in [1.82, 2.24) is 19.4 Å². The quantitative estimate of drug-likeness (QED) is 0.362. The highest BCUT2D eigenvalue weighted by Gasteiger charge is 2.40. The molecule has 1 N–H and O–H groups in total. The Morgan fingerprint density at radius 3 is 2.46 bits per heavy atom. The number of amides is 2. The van der Waals surface area contributed by atoms with Gasteiger partial charge in [-0.05, 0) is 43.7 Å². The summed E-state index contributed by atoms with van der Waals surface area (Å²) in [6.45, 7) is 9.09. The number of halogens is 1. The molecule has 0 aliphatic carbocycles. The van der Waals surface area contributed by atoms with Crippen LogP contribution in [0.3, 0.4) is 0 Å². The molecule has 2 aliphatic heterocycles. The van der Waals surface area contributed by atoms with Crippen molar-refractivity contribution in [3.8, 4) is 0 Å². The number of piperazine rings is 1. The van der Waals surface area contributed by atoms with E-state index in [0.717, 1.165) is 0 Å². The predicted octanol–water partition coefficient (Wildman–Crippen LogP) is 3.80. The second-order valence-electron chi connectivity index (χ2n) is 9.43. The molecule has 0 saturated carbocycles. The lowest BCUT2D eigenvalue weighted by molar-refractivity contribution is -0.139. The second kappa shape index (κ2) is 12.3. The molecule has 2 aliphatic rings. The summed E-state index contributed by atoms with van der Waals surface area (Å²) in [5.74, 6) is -0.528. The summed E-state index contributed by atoms with van der Waals surface area (Å²) in [7, 11) is -3.65. The van der Waals surface area contributed by atoms with Gasteiger partial charge in [0, 0.05) is 49.5 Å². The molecule has 2 amide bonds. The monoisotopic (exact) mass is 572 g/mol. The summed E-state index contributed by atoms with van der Waals surface area (Å²) >= 11 is 6.08. The first-order chi connectivity index (χ1) is 18.7. The molecule has 2 heterocycles. The van der Waals surface area contributed by atoms with Crippen LogP contribution in [0.1, 0.15) is 25.5 Å². The number of hydrogen-bond acceptors (Lipinski definition) is 6. The maximum Gasteiger partial charge on any atom is 0.338 e. The molecular weight excluding hydrogens is 540 g/mol. The van der Waals surface area contributed by atoms with Crippen molar-refractivity contribution in [2.45, 2.75) is 30.8 Å². The number of sulfonamides is 1. The lowest BCUT2D eigenvalue weighted by Crippen LogP contribution is -2.56. The Kier molecular flexibility index (Phi) is 9.12. The molecule has 4 rings (SSSR count). The number of benzene rings is 2. The van der Waals surface area contributed by atoms with Crippen molar-refractivity contribution in [3.63, 3.8) is 0 Å². The maximum absolute atomic E-state index is 13.3. The van der Waals surface area contributed by atoms with Gasteiger partial charge in [0.2, 0.25) is 10.0 Å². The highest BCUT2D eigenvalue weighted by molar-refractivity contribution is 7.89. The van der Waals surface area contributed by atoms with E-state index in [4.69, 9.17) is 16.3 Å². The molecular formula is C28H33ClN4O5S. The van der Waals surface area contributed by atoms with E-state index in [1.54, 1.807) is 67.6 Å². The summed E-state index contributed by atoms with van der Waals surface area (Å²) in [6.07, 6.45) is 1.60. The van der Waals surface area contributed by atoms with Crippen LogP contribution in [0.25, 0.3) is 0 Å². The summed E-state index contributed by atoms with van der Waals surface area (Å²) in [4.78, 5) is 30.4. The predicted molar refractivity (Wildman–Crippen MR) is 150 cm³/mol. The van der Waals surface area contributed by atoms with E-state index in [2.05, 4.69) is 16.8 Å². The number of rotatable bonds is 9. The molecule has 208 valence electrons. The van der Waals surface area contributed by atoms with Crippen molar-refractivity contribution >= 4 is 33.6 Å². The van der Waals surface area contributed by atoms with Gasteiger partial charge in [-0.2, -0.15) is 4.31 Å². The van der Waals surface area contributed by atoms with E-state index in [1.165, 1.54) is 9.21 Å². The van der Waals surface area contributed by atoms with Crippen molar-refractivity contribution in [1.29, 1.82) is 0 Å². The molecule has 0 bridgehead atoms. The van der Waals surface area contributed by atoms with Crippen molar-refractivity contribution in [2.75, 3.05) is 39.3 Å². The number of hydrogen-bond donors (Lipinski definition) is 1. The second-order valence-corrected chi connectivity index (χ2v) is 11.8. The fourth-order valence-electron chi connectivity index (χ4n) is 5.01. The van der Waals surface area contributed by atoms with Crippen molar-refractivity contribution in [2.24, 2.45) is 0 Å². The van der Waals surface area contributed by atoms with E-state index in [0.29, 0.717) is 34.9 Å². The normalized spacial score (nSPS) is 21.0. The highest BCUT2D eigenvalue weighted by atomic mass is 35.5. The number of esters is 1. The third-order valence-electron chi connectivity index (χ3n) is 6.82. The van der Waals surface area contributed by atoms with Gasteiger partial charge >= 0.3 is 12.0 Å². The first-order valence-corrected chi connectivity index (χ1v) is 14.6. The minimum atomic E-state index is -3.65. The van der Waals surface area contributed by atoms with E-state index < -0.39 is 22.0 Å². The van der Waals surface area contributed by atoms with Crippen molar-refractivity contribution in [3.05, 3.63) is 89.1 Å². The van der Waals surface area contributed by atoms with E-state index in [1.807, 2.05) is 6.92 Å². The fraction of sp³-hybridized carbons (Fsp3) is 0.357. The fourth-order valence-corrected chi connectivity index (χ4v) is 6.77. The molecule has 11 heteroatoms. The molecule has 39 heavy (non-hydrogen) atoms. The Bertz CT molecular complexity index is 1350. The Balaban J connectivity index is 1.67. The van der Waals surface area contributed by atoms with E-state index in [-0.39, 0.29) is 43.2 Å². The van der Waals surface area contributed by atoms with Crippen LogP contribution in [-0.2, 0) is 19.6 Å². The van der Waals surface area contributed by atoms with E-state index >= 15 is 0 Å². The number of nitrogens with one attached hydrogen (secondary N) is 1. The average molecular weight is 573 g/mol. The van der Waals surface area contributed by atoms with Gasteiger partial charge in [-0.3, -0.25) is 9.80 Å². The van der Waals surface area contributed by atoms with Gasteiger partial charge in [0.1, 0.15) is 0 Å². The first kappa shape index (κ1) is 28.8. The van der Waals surface area contributed by atoms with Crippen LogP contribution in [0, 0.1) is 0 Å². The molecule has 0 spiro atoms. The zero-order valence-corrected chi connectivity index (χ0v) is 23.6. The van der Waals surface area contributed by atoms with Gasteiger partial charge in [-0.15, -0.1) is 6.58 Å². The Labute approximate surface area is 234 Å². The van der Waals surface area contributed by atoms with Crippen LogP contribution in [0.4, 0.5) is 4.79 Å². The maximum atomic E-state index is 13.3. The number of ether oxygens (including phenoxy) is 1. The average Bonchev–Trinajstić information content (AvgIpc) is 2.91. The van der Waals surface area contributed by atoms with Gasteiger partial charge in [0.25, 0.3) is 0 Å². The number of carbonyl (C=O) groups is 2. The molecule has 1 saturated heterocycles. The van der Waals surface area contributed by atoms with Gasteiger partial charge < -0.3 is 10.1 Å². The SMILES string of the molecule is C=CCN1C(=O)NC(c2ccc(Cl)cc2)C(C(=O)OCC)=C1CN1CCN(S(=O)(=O)c2ccccc2)C(C)C1. The zero-order valence-electron chi connectivity index (χ0n) is 22.0. The summed E-state index contributed by atoms with van der Waals surface area (Å²) in [5.41, 5.74) is 1.52. The van der Waals surface area contributed by atoms with Gasteiger partial charge in [-0.25, -0.2) is 18.0 Å². The van der Waals surface area contributed by atoms with Crippen LogP contribution < -0.4 is 5.32 Å². The lowest BCUT2D eigenvalue weighted by atomic mass is 9.94. The largest absolute Gasteiger partial charge is 0.463 e. The van der Waals surface area contributed by atoms with E-state index in [9.17, 15) is 18.0 Å². The van der Waals surface area contributed by atoms with Gasteiger partial charge in [0.05, 0.1) is 23.1 Å². The lowest BCUT2D eigenvalue weighted by Gasteiger charge is -2.42. The number of nitrogens with zero attached hydrogens (tertiary/aromatic N) is 3. The standard InChI is InChI=1S/C28H33ClN4O5S/c1-4-15-32-24(19-31-16-17-33(20(3)18-31)39(36,37)23-9-7-6-8-10-23)25(27(34)38-5-2)26(30-28(32)35)21-11-13-22(29)14-12-21/h4,6-14,20,26H,1,5,15-19H2,2-3H3,(H,30,35). The van der Waals surface area contributed by atoms with Crippen LogP contribution in [0.15, 0.2) is 83.4 Å². The molecule has 2 atom stereocenters. The minimum absolute atomic E-state index is 0.172. The van der Waals surface area contributed by atoms with Crippen LogP contribution in [-0.4, -0.2) is 79.9 Å². The third-order valence-corrected chi connectivity index (χ3v) is 9.10. The topological polar surface area (TPSA) is 99.3 Å². The van der Waals surface area contributed by atoms with Gasteiger partial charge in [0.15, 0.2) is 0 Å². The van der Waals surface area contributed by atoms with Crippen LogP contribution in [0.5, 0.6) is 0 Å². The number of carbonyl (C=O) groups excluding carboxylic acids is 2. The Hall–Kier alpha value is -3.18. The minimum Gasteiger partial charge on any atom is -0.463 e. The summed E-state index contributed by atoms with van der Waals surface area (Å²) in [5, 5.41) is 3.46. The molecule has 2 aromatic carbocycles. The van der Waals surface area contributed by atoms with Crippen LogP contribution >= 0.6 is 11.6 Å². The molecule has 1 fully saturated rings. The van der Waals surface area contributed by atoms with Crippen LogP contribution in [0.2, 0.25) is 5.02 Å². The first-order valence-electron chi connectivity index (χ1n) is 12.8. The summed E-state index contributed by atoms with van der Waals surface area (Å²) < 4.78 is 33.5. The third kappa shape index (κ3) is 6.19. The Morgan fingerprint density at radius 1 is 1.15 bits per heavy atom. The molecule has 0 radical (unpaired) electrons. The number of urea groups is 1. The summed E-state index contributed by atoms with van der Waals surface area (Å²) in [6, 6.07) is 13.9. The van der Waals surface area contributed by atoms with Crippen molar-refractivity contribution < 1.29 is 22.7 Å². The molecule has 2 aromatic rings. The molecule has 2 unspecified atom stereocenters. The highest BCUT2D eigenvalue weighted by Crippen LogP contribution is 2.33. The van der Waals surface area contributed by atoms with Gasteiger partial charge in [-0.1, -0.05) is 48.0 Å². The molecule has 9 nitrogen and oxygen atoms in total. The Morgan fingerprint density at radius 2 is 1.85 bits per heavy atom. The molecule has 0 aromatic heterocycles. The smallest absolute Gasteiger partial charge is 0.338 e.